The first-order valence-corrected chi connectivity index (χ1v) is 7.60. The minimum absolute atomic E-state index is 0.362. The van der Waals surface area contributed by atoms with Gasteiger partial charge in [0.1, 0.15) is 5.75 Å². The average Bonchev–Trinajstić information content (AvgIpc) is 2.48. The molecule has 3 heteroatoms. The maximum Gasteiger partial charge on any atom is 0.118 e. The summed E-state index contributed by atoms with van der Waals surface area (Å²) in [6, 6.07) is 17.1. The third-order valence-corrected chi connectivity index (χ3v) is 3.92. The number of ether oxygens (including phenoxy) is 1. The minimum atomic E-state index is 0.362. The van der Waals surface area contributed by atoms with Crippen LogP contribution in [0.4, 0.5) is 0 Å². The van der Waals surface area contributed by atoms with E-state index in [9.17, 15) is 0 Å². The van der Waals surface area contributed by atoms with Crippen LogP contribution in [0.5, 0.6) is 5.75 Å². The van der Waals surface area contributed by atoms with Crippen LogP contribution in [0.25, 0.3) is 0 Å². The summed E-state index contributed by atoms with van der Waals surface area (Å²) in [4.78, 5) is 0. The molecule has 2 aromatic carbocycles. The van der Waals surface area contributed by atoms with Crippen LogP contribution in [0, 0.1) is 0 Å². The smallest absolute Gasteiger partial charge is 0.118 e. The normalized spacial score (nSPS) is 12.2. The first-order chi connectivity index (χ1) is 9.69. The molecule has 0 spiro atoms. The number of halogens is 1. The van der Waals surface area contributed by atoms with Gasteiger partial charge in [0.15, 0.2) is 0 Å². The van der Waals surface area contributed by atoms with Gasteiger partial charge in [-0.15, -0.1) is 0 Å². The Kier molecular flexibility index (Phi) is 5.62. The van der Waals surface area contributed by atoms with Crippen LogP contribution >= 0.6 is 15.9 Å². The van der Waals surface area contributed by atoms with Crippen LogP contribution in [0.2, 0.25) is 0 Å². The standard InChI is InChI=1S/C17H20BrNO/c1-13(15-5-7-16(18)8-6-15)19-12-11-14-3-9-17(20-2)10-4-14/h3-10,13,19H,11-12H2,1-2H3/t13-/m1/s1. The van der Waals surface area contributed by atoms with Crippen molar-refractivity contribution in [3.05, 3.63) is 64.1 Å². The highest BCUT2D eigenvalue weighted by Crippen LogP contribution is 2.16. The van der Waals surface area contributed by atoms with Gasteiger partial charge in [-0.05, 0) is 55.3 Å². The Bertz CT molecular complexity index is 522. The molecule has 0 aliphatic carbocycles. The molecule has 0 unspecified atom stereocenters. The van der Waals surface area contributed by atoms with E-state index < -0.39 is 0 Å². The SMILES string of the molecule is COc1ccc(CCN[C@H](C)c2ccc(Br)cc2)cc1. The van der Waals surface area contributed by atoms with E-state index in [-0.39, 0.29) is 0 Å². The number of rotatable bonds is 6. The van der Waals surface area contributed by atoms with Crippen molar-refractivity contribution in [2.24, 2.45) is 0 Å². The predicted molar refractivity (Wildman–Crippen MR) is 87.3 cm³/mol. The number of methoxy groups -OCH3 is 1. The molecular formula is C17H20BrNO. The fraction of sp³-hybridized carbons (Fsp3) is 0.294. The van der Waals surface area contributed by atoms with Crippen molar-refractivity contribution >= 4 is 15.9 Å². The van der Waals surface area contributed by atoms with Gasteiger partial charge in [0.05, 0.1) is 7.11 Å². The molecule has 0 aliphatic rings. The Balaban J connectivity index is 1.81. The van der Waals surface area contributed by atoms with Crippen molar-refractivity contribution in [3.63, 3.8) is 0 Å². The highest BCUT2D eigenvalue weighted by atomic mass is 79.9. The van der Waals surface area contributed by atoms with Gasteiger partial charge in [0.25, 0.3) is 0 Å². The molecule has 0 saturated carbocycles. The van der Waals surface area contributed by atoms with Gasteiger partial charge in [0.2, 0.25) is 0 Å². The Hall–Kier alpha value is -1.32. The molecule has 0 aromatic heterocycles. The second-order valence-corrected chi connectivity index (χ2v) is 5.74. The number of benzene rings is 2. The average molecular weight is 334 g/mol. The molecule has 2 rings (SSSR count). The van der Waals surface area contributed by atoms with Crippen LogP contribution in [0.3, 0.4) is 0 Å². The molecule has 2 aromatic rings. The Labute approximate surface area is 129 Å². The van der Waals surface area contributed by atoms with E-state index in [0.29, 0.717) is 6.04 Å². The molecule has 20 heavy (non-hydrogen) atoms. The number of hydrogen-bond acceptors (Lipinski definition) is 2. The first kappa shape index (κ1) is 15.1. The van der Waals surface area contributed by atoms with Gasteiger partial charge in [-0.2, -0.15) is 0 Å². The van der Waals surface area contributed by atoms with Gasteiger partial charge in [-0.3, -0.25) is 0 Å². The number of nitrogens with one attached hydrogen (secondary N) is 1. The summed E-state index contributed by atoms with van der Waals surface area (Å²) < 4.78 is 6.28. The highest BCUT2D eigenvalue weighted by molar-refractivity contribution is 9.10. The van der Waals surface area contributed by atoms with Crippen LogP contribution in [-0.4, -0.2) is 13.7 Å². The molecule has 0 amide bonds. The van der Waals surface area contributed by atoms with Gasteiger partial charge in [-0.1, -0.05) is 40.2 Å². The van der Waals surface area contributed by atoms with E-state index in [1.165, 1.54) is 11.1 Å². The molecule has 0 bridgehead atoms. The lowest BCUT2D eigenvalue weighted by Crippen LogP contribution is -2.21. The Morgan fingerprint density at radius 3 is 2.30 bits per heavy atom. The first-order valence-electron chi connectivity index (χ1n) is 6.81. The maximum absolute atomic E-state index is 5.16. The lowest BCUT2D eigenvalue weighted by molar-refractivity contribution is 0.414. The summed E-state index contributed by atoms with van der Waals surface area (Å²) in [6.45, 7) is 3.15. The van der Waals surface area contributed by atoms with Gasteiger partial charge < -0.3 is 10.1 Å². The molecule has 1 N–H and O–H groups in total. The summed E-state index contributed by atoms with van der Waals surface area (Å²) in [5.41, 5.74) is 2.63. The molecule has 0 fully saturated rings. The van der Waals surface area contributed by atoms with Crippen LogP contribution in [-0.2, 0) is 6.42 Å². The van der Waals surface area contributed by atoms with Gasteiger partial charge in [-0.25, -0.2) is 0 Å². The zero-order valence-electron chi connectivity index (χ0n) is 11.9. The van der Waals surface area contributed by atoms with Crippen LogP contribution in [0.15, 0.2) is 53.0 Å². The quantitative estimate of drug-likeness (QED) is 0.848. The van der Waals surface area contributed by atoms with Gasteiger partial charge in [0, 0.05) is 10.5 Å². The van der Waals surface area contributed by atoms with Crippen LogP contribution in [0.1, 0.15) is 24.1 Å². The largest absolute Gasteiger partial charge is 0.497 e. The second-order valence-electron chi connectivity index (χ2n) is 4.83. The summed E-state index contributed by atoms with van der Waals surface area (Å²) in [5, 5.41) is 3.55. The zero-order chi connectivity index (χ0) is 14.4. The van der Waals surface area contributed by atoms with E-state index >= 15 is 0 Å². The maximum atomic E-state index is 5.16. The molecular weight excluding hydrogens is 314 g/mol. The van der Waals surface area contributed by atoms with E-state index in [1.54, 1.807) is 7.11 Å². The van der Waals surface area contributed by atoms with Gasteiger partial charge >= 0.3 is 0 Å². The van der Waals surface area contributed by atoms with E-state index in [2.05, 4.69) is 64.6 Å². The van der Waals surface area contributed by atoms with Crippen molar-refractivity contribution in [1.29, 1.82) is 0 Å². The highest BCUT2D eigenvalue weighted by Gasteiger charge is 2.04. The van der Waals surface area contributed by atoms with Crippen molar-refractivity contribution in [2.75, 3.05) is 13.7 Å². The molecule has 0 saturated heterocycles. The minimum Gasteiger partial charge on any atom is -0.497 e. The number of hydrogen-bond donors (Lipinski definition) is 1. The van der Waals surface area contributed by atoms with Crippen molar-refractivity contribution in [1.82, 2.24) is 5.32 Å². The summed E-state index contributed by atoms with van der Waals surface area (Å²) >= 11 is 3.46. The Morgan fingerprint density at radius 1 is 1.05 bits per heavy atom. The van der Waals surface area contributed by atoms with E-state index in [1.807, 2.05) is 12.1 Å². The molecule has 1 atom stereocenters. The second kappa shape index (κ2) is 7.46. The molecule has 2 nitrogen and oxygen atoms in total. The third-order valence-electron chi connectivity index (χ3n) is 3.39. The van der Waals surface area contributed by atoms with Crippen molar-refractivity contribution < 1.29 is 4.74 Å². The van der Waals surface area contributed by atoms with Crippen LogP contribution < -0.4 is 10.1 Å². The summed E-state index contributed by atoms with van der Waals surface area (Å²) in [6.07, 6.45) is 1.02. The Morgan fingerprint density at radius 2 is 1.70 bits per heavy atom. The lowest BCUT2D eigenvalue weighted by Gasteiger charge is -2.14. The predicted octanol–water partition coefficient (Wildman–Crippen LogP) is 4.35. The van der Waals surface area contributed by atoms with Crippen molar-refractivity contribution in [2.45, 2.75) is 19.4 Å². The lowest BCUT2D eigenvalue weighted by atomic mass is 10.1. The topological polar surface area (TPSA) is 21.3 Å². The van der Waals surface area contributed by atoms with E-state index in [0.717, 1.165) is 23.2 Å². The summed E-state index contributed by atoms with van der Waals surface area (Å²) in [5.74, 6) is 0.907. The molecule has 0 radical (unpaired) electrons. The monoisotopic (exact) mass is 333 g/mol. The molecule has 0 aliphatic heterocycles. The zero-order valence-corrected chi connectivity index (χ0v) is 13.5. The fourth-order valence-corrected chi connectivity index (χ4v) is 2.36. The molecule has 106 valence electrons. The third kappa shape index (κ3) is 4.36. The summed E-state index contributed by atoms with van der Waals surface area (Å²) in [7, 11) is 1.69. The van der Waals surface area contributed by atoms with E-state index in [4.69, 9.17) is 4.74 Å². The fourth-order valence-electron chi connectivity index (χ4n) is 2.09. The molecule has 0 heterocycles. The van der Waals surface area contributed by atoms with Crippen molar-refractivity contribution in [3.8, 4) is 5.75 Å².